The molecular weight excluding hydrogens is 290 g/mol. The minimum atomic E-state index is -1.25. The molecule has 3 rings (SSSR count). The van der Waals surface area contributed by atoms with Gasteiger partial charge in [-0.3, -0.25) is 9.59 Å². The highest BCUT2D eigenvalue weighted by atomic mass is 16.6. The van der Waals surface area contributed by atoms with Crippen molar-refractivity contribution in [1.82, 2.24) is 5.32 Å². The number of carbonyl (C=O) groups is 3. The van der Waals surface area contributed by atoms with Crippen LogP contribution < -0.4 is 5.32 Å². The van der Waals surface area contributed by atoms with Crippen LogP contribution in [0.5, 0.6) is 0 Å². The molecule has 1 aliphatic carbocycles. The number of hydrogen-bond donors (Lipinski definition) is 2. The Hall–Kier alpha value is -1.63. The van der Waals surface area contributed by atoms with Crippen molar-refractivity contribution in [2.24, 2.45) is 10.8 Å². The normalized spacial score (nSPS) is 42.2. The maximum absolute atomic E-state index is 12.7. The minimum absolute atomic E-state index is 0.225. The molecule has 3 aliphatic rings. The second kappa shape index (κ2) is 4.44. The molecule has 2 N–H and O–H groups in total. The molecule has 2 bridgehead atoms. The van der Waals surface area contributed by atoms with Crippen LogP contribution in [-0.4, -0.2) is 47.3 Å². The molecule has 7 heteroatoms. The number of ether oxygens (including phenoxy) is 2. The Kier molecular flexibility index (Phi) is 3.08. The maximum Gasteiger partial charge on any atom is 0.351 e. The van der Waals surface area contributed by atoms with Gasteiger partial charge in [0.2, 0.25) is 5.60 Å². The number of carbonyl (C=O) groups excluding carboxylic acids is 2. The molecule has 2 aliphatic heterocycles. The Bertz CT molecular complexity index is 558. The Morgan fingerprint density at radius 3 is 2.45 bits per heavy atom. The lowest BCUT2D eigenvalue weighted by atomic mass is 9.66. The first-order chi connectivity index (χ1) is 10.1. The summed E-state index contributed by atoms with van der Waals surface area (Å²) in [5.41, 5.74) is -2.57. The van der Waals surface area contributed by atoms with Crippen LogP contribution in [-0.2, 0) is 23.9 Å². The Labute approximate surface area is 128 Å². The van der Waals surface area contributed by atoms with E-state index >= 15 is 0 Å². The quantitative estimate of drug-likeness (QED) is 0.730. The van der Waals surface area contributed by atoms with Crippen LogP contribution >= 0.6 is 0 Å². The van der Waals surface area contributed by atoms with E-state index in [0.29, 0.717) is 19.4 Å². The van der Waals surface area contributed by atoms with Gasteiger partial charge in [-0.25, -0.2) is 4.79 Å². The smallest absolute Gasteiger partial charge is 0.351 e. The average molecular weight is 311 g/mol. The van der Waals surface area contributed by atoms with Gasteiger partial charge in [-0.15, -0.1) is 0 Å². The van der Waals surface area contributed by atoms with Gasteiger partial charge < -0.3 is 19.9 Å². The predicted molar refractivity (Wildman–Crippen MR) is 73.9 cm³/mol. The molecule has 0 aromatic carbocycles. The van der Waals surface area contributed by atoms with E-state index < -0.39 is 40.5 Å². The fourth-order valence-electron chi connectivity index (χ4n) is 3.93. The molecule has 0 aromatic heterocycles. The summed E-state index contributed by atoms with van der Waals surface area (Å²) in [6.07, 6.45) is 0.756. The molecule has 0 radical (unpaired) electrons. The monoisotopic (exact) mass is 311 g/mol. The summed E-state index contributed by atoms with van der Waals surface area (Å²) in [7, 11) is 0. The predicted octanol–water partition coefficient (Wildman–Crippen LogP) is 0.467. The van der Waals surface area contributed by atoms with Crippen molar-refractivity contribution >= 4 is 17.9 Å². The van der Waals surface area contributed by atoms with Crippen LogP contribution in [0.25, 0.3) is 0 Å². The van der Waals surface area contributed by atoms with Gasteiger partial charge in [-0.1, -0.05) is 13.8 Å². The molecule has 0 amide bonds. The number of carboxylic acids is 1. The molecule has 22 heavy (non-hydrogen) atoms. The van der Waals surface area contributed by atoms with Gasteiger partial charge in [-0.2, -0.15) is 0 Å². The molecule has 0 spiro atoms. The standard InChI is InChI=1S/C15H21NO6/c1-13(2)14(3)4-5-15(13,22-11(14)19)12(20)21-8-6-9(10(17)18)16-7-8/h8-9,16H,4-7H2,1-3H3,(H,17,18)/t8-,9+,14?,15?/m1/s1. The minimum Gasteiger partial charge on any atom is -0.480 e. The molecule has 122 valence electrons. The lowest BCUT2D eigenvalue weighted by Crippen LogP contribution is -2.50. The third-order valence-electron chi connectivity index (χ3n) is 6.08. The number of carboxylic acid groups (broad SMARTS) is 1. The third-order valence-corrected chi connectivity index (χ3v) is 6.08. The highest BCUT2D eigenvalue weighted by Gasteiger charge is 2.76. The van der Waals surface area contributed by atoms with E-state index in [-0.39, 0.29) is 12.4 Å². The molecule has 3 fully saturated rings. The molecule has 4 atom stereocenters. The molecule has 7 nitrogen and oxygen atoms in total. The van der Waals surface area contributed by atoms with Gasteiger partial charge in [0.25, 0.3) is 0 Å². The SMILES string of the molecule is CC12CCC(C(=O)O[C@H]3CN[C@H](C(=O)O)C3)(OC1=O)C2(C)C. The summed E-state index contributed by atoms with van der Waals surface area (Å²) in [4.78, 5) is 35.8. The van der Waals surface area contributed by atoms with Crippen molar-refractivity contribution < 1.29 is 29.0 Å². The van der Waals surface area contributed by atoms with Gasteiger partial charge in [-0.05, 0) is 19.8 Å². The van der Waals surface area contributed by atoms with Crippen LogP contribution in [0.3, 0.4) is 0 Å². The zero-order valence-electron chi connectivity index (χ0n) is 13.0. The zero-order chi connectivity index (χ0) is 16.3. The number of fused-ring (bicyclic) bond motifs is 2. The van der Waals surface area contributed by atoms with E-state index in [0.717, 1.165) is 0 Å². The van der Waals surface area contributed by atoms with Crippen molar-refractivity contribution in [2.75, 3.05) is 6.54 Å². The number of esters is 2. The second-order valence-electron chi connectivity index (χ2n) is 7.24. The van der Waals surface area contributed by atoms with Crippen LogP contribution in [0, 0.1) is 10.8 Å². The first-order valence-electron chi connectivity index (χ1n) is 7.55. The van der Waals surface area contributed by atoms with E-state index in [2.05, 4.69) is 5.32 Å². The van der Waals surface area contributed by atoms with Crippen LogP contribution in [0.1, 0.15) is 40.0 Å². The van der Waals surface area contributed by atoms with Gasteiger partial charge in [0.15, 0.2) is 0 Å². The first kappa shape index (κ1) is 15.3. The fourth-order valence-corrected chi connectivity index (χ4v) is 3.93. The van der Waals surface area contributed by atoms with Crippen LogP contribution in [0.4, 0.5) is 0 Å². The molecule has 2 unspecified atom stereocenters. The first-order valence-corrected chi connectivity index (χ1v) is 7.55. The Morgan fingerprint density at radius 1 is 1.32 bits per heavy atom. The highest BCUT2D eigenvalue weighted by Crippen LogP contribution is 2.65. The fraction of sp³-hybridized carbons (Fsp3) is 0.800. The lowest BCUT2D eigenvalue weighted by Gasteiger charge is -2.35. The summed E-state index contributed by atoms with van der Waals surface area (Å²) in [5.74, 6) is -1.86. The van der Waals surface area contributed by atoms with Crippen LogP contribution in [0.2, 0.25) is 0 Å². The number of nitrogens with one attached hydrogen (secondary N) is 1. The second-order valence-corrected chi connectivity index (χ2v) is 7.24. The Morgan fingerprint density at radius 2 is 2.00 bits per heavy atom. The largest absolute Gasteiger partial charge is 0.480 e. The molecule has 2 saturated heterocycles. The lowest BCUT2D eigenvalue weighted by molar-refractivity contribution is -0.186. The average Bonchev–Trinajstić information content (AvgIpc) is 3.00. The third kappa shape index (κ3) is 1.68. The maximum atomic E-state index is 12.7. The Balaban J connectivity index is 1.76. The van der Waals surface area contributed by atoms with Gasteiger partial charge in [0.1, 0.15) is 12.1 Å². The van der Waals surface area contributed by atoms with E-state index in [9.17, 15) is 14.4 Å². The molecular formula is C15H21NO6. The van der Waals surface area contributed by atoms with Gasteiger partial charge in [0.05, 0.1) is 5.41 Å². The summed E-state index contributed by atoms with van der Waals surface area (Å²) in [6.45, 7) is 5.84. The van der Waals surface area contributed by atoms with E-state index in [1.807, 2.05) is 20.8 Å². The summed E-state index contributed by atoms with van der Waals surface area (Å²) in [5, 5.41) is 11.8. The summed E-state index contributed by atoms with van der Waals surface area (Å²) >= 11 is 0. The van der Waals surface area contributed by atoms with Crippen molar-refractivity contribution in [3.05, 3.63) is 0 Å². The summed E-state index contributed by atoms with van der Waals surface area (Å²) < 4.78 is 10.9. The van der Waals surface area contributed by atoms with Gasteiger partial charge in [0, 0.05) is 18.4 Å². The van der Waals surface area contributed by atoms with Crippen molar-refractivity contribution in [2.45, 2.75) is 57.8 Å². The van der Waals surface area contributed by atoms with E-state index in [1.165, 1.54) is 0 Å². The highest BCUT2D eigenvalue weighted by molar-refractivity contribution is 5.93. The zero-order valence-corrected chi connectivity index (χ0v) is 13.0. The summed E-state index contributed by atoms with van der Waals surface area (Å²) in [6, 6.07) is -0.705. The van der Waals surface area contributed by atoms with Gasteiger partial charge >= 0.3 is 17.9 Å². The van der Waals surface area contributed by atoms with E-state index in [1.54, 1.807) is 0 Å². The van der Waals surface area contributed by atoms with Crippen LogP contribution in [0.15, 0.2) is 0 Å². The van der Waals surface area contributed by atoms with Crippen molar-refractivity contribution in [3.8, 4) is 0 Å². The van der Waals surface area contributed by atoms with Crippen molar-refractivity contribution in [3.63, 3.8) is 0 Å². The number of rotatable bonds is 3. The number of hydrogen-bond acceptors (Lipinski definition) is 6. The molecule has 0 aromatic rings. The number of aliphatic carboxylic acids is 1. The van der Waals surface area contributed by atoms with E-state index in [4.69, 9.17) is 14.6 Å². The topological polar surface area (TPSA) is 102 Å². The molecule has 1 saturated carbocycles. The molecule has 2 heterocycles. The van der Waals surface area contributed by atoms with Crippen molar-refractivity contribution in [1.29, 1.82) is 0 Å².